The van der Waals surface area contributed by atoms with Gasteiger partial charge in [0.05, 0.1) is 30.9 Å². The smallest absolute Gasteiger partial charge is 0.346 e. The van der Waals surface area contributed by atoms with Gasteiger partial charge in [0.1, 0.15) is 22.8 Å². The highest BCUT2D eigenvalue weighted by Crippen LogP contribution is 2.36. The molecule has 2 N–H and O–H groups in total. The van der Waals surface area contributed by atoms with Crippen LogP contribution in [0.4, 0.5) is 4.39 Å². The van der Waals surface area contributed by atoms with Gasteiger partial charge in [0.25, 0.3) is 5.09 Å². The molecule has 240 valence electrons. The fourth-order valence-electron chi connectivity index (χ4n) is 4.76. The molecule has 4 rings (SSSR count). The van der Waals surface area contributed by atoms with Gasteiger partial charge in [-0.3, -0.25) is 4.79 Å². The third kappa shape index (κ3) is 8.47. The Labute approximate surface area is 272 Å². The van der Waals surface area contributed by atoms with E-state index < -0.39 is 34.0 Å². The quantitative estimate of drug-likeness (QED) is 0.0358. The van der Waals surface area contributed by atoms with Gasteiger partial charge in [-0.25, -0.2) is 9.18 Å². The topological polar surface area (TPSA) is 159 Å². The van der Waals surface area contributed by atoms with Crippen molar-refractivity contribution in [2.75, 3.05) is 19.5 Å². The Kier molecular flexibility index (Phi) is 11.5. The van der Waals surface area contributed by atoms with Crippen molar-refractivity contribution < 1.29 is 37.9 Å². The molecule has 14 heteroatoms. The normalized spacial score (nSPS) is 11.5. The molecule has 0 spiro atoms. The molecule has 0 fully saturated rings. The van der Waals surface area contributed by atoms with Crippen LogP contribution in [0.3, 0.4) is 0 Å². The molecular formula is C32H30FN3O8S2. The molecule has 0 aliphatic heterocycles. The zero-order valence-corrected chi connectivity index (χ0v) is 26.5. The van der Waals surface area contributed by atoms with Gasteiger partial charge in [-0.05, 0) is 109 Å². The summed E-state index contributed by atoms with van der Waals surface area (Å²) in [5.74, 6) is -1.78. The van der Waals surface area contributed by atoms with Crippen molar-refractivity contribution in [1.29, 1.82) is 0 Å². The minimum absolute atomic E-state index is 0.0266. The number of benzene rings is 3. The van der Waals surface area contributed by atoms with E-state index in [4.69, 9.17) is 27.4 Å². The van der Waals surface area contributed by atoms with Gasteiger partial charge >= 0.3 is 11.9 Å². The number of aromatic nitrogens is 1. The second kappa shape index (κ2) is 15.5. The molecule has 3 aromatic carbocycles. The number of nitrogens with zero attached hydrogens (tertiary/aromatic N) is 2. The number of carbonyl (C=O) groups excluding carboxylic acids is 2. The number of hydrogen-bond donors (Lipinski definition) is 1. The number of carbonyl (C=O) groups is 2. The van der Waals surface area contributed by atoms with Crippen LogP contribution in [0.2, 0.25) is 0 Å². The molecule has 4 aromatic rings. The summed E-state index contributed by atoms with van der Waals surface area (Å²) in [6.07, 6.45) is 1.81. The molecule has 0 amide bonds. The fourth-order valence-corrected chi connectivity index (χ4v) is 5.42. The Morgan fingerprint density at radius 3 is 2.33 bits per heavy atom. The molecule has 0 saturated heterocycles. The Balaban J connectivity index is 1.80. The minimum atomic E-state index is -1.27. The average Bonchev–Trinajstić information content (AvgIpc) is 3.30. The van der Waals surface area contributed by atoms with Crippen LogP contribution in [-0.4, -0.2) is 50.6 Å². The molecule has 1 aromatic heterocycles. The Hall–Kier alpha value is -4.79. The maximum atomic E-state index is 14.5. The summed E-state index contributed by atoms with van der Waals surface area (Å²) in [6.45, 7) is 1.53. The third-order valence-corrected chi connectivity index (χ3v) is 8.11. The number of nitrogens with two attached hydrogens (primary N) is 1. The van der Waals surface area contributed by atoms with Crippen molar-refractivity contribution in [3.63, 3.8) is 0 Å². The van der Waals surface area contributed by atoms with Crippen molar-refractivity contribution in [2.45, 2.75) is 31.1 Å². The van der Waals surface area contributed by atoms with Crippen LogP contribution in [-0.2, 0) is 32.0 Å². The highest BCUT2D eigenvalue weighted by atomic mass is 32.2. The molecule has 0 saturated carbocycles. The van der Waals surface area contributed by atoms with Crippen molar-refractivity contribution >= 4 is 40.3 Å². The van der Waals surface area contributed by atoms with Crippen LogP contribution in [0.25, 0.3) is 16.9 Å². The lowest BCUT2D eigenvalue weighted by atomic mass is 10.0. The number of halogens is 1. The van der Waals surface area contributed by atoms with Crippen molar-refractivity contribution in [2.24, 2.45) is 5.73 Å². The first-order valence-electron chi connectivity index (χ1n) is 13.9. The molecule has 0 bridgehead atoms. The first-order valence-corrected chi connectivity index (χ1v) is 15.9. The monoisotopic (exact) mass is 667 g/mol. The number of esters is 2. The predicted molar refractivity (Wildman–Crippen MR) is 172 cm³/mol. The van der Waals surface area contributed by atoms with E-state index in [0.717, 1.165) is 0 Å². The van der Waals surface area contributed by atoms with Crippen LogP contribution in [0.1, 0.15) is 40.0 Å². The summed E-state index contributed by atoms with van der Waals surface area (Å²) in [5, 5.41) is 9.44. The summed E-state index contributed by atoms with van der Waals surface area (Å²) in [4.78, 5) is 42.4. The SMILES string of the molecule is Cc1c(CC(=O)OCCCCO[N+](=O)[O-])c(C(=O)Oc2ccc(C(N)=S)cc2)c(-c2ccc([S+](C)[O-])cc2)n1-c1cccc(F)c1. The van der Waals surface area contributed by atoms with E-state index in [0.29, 0.717) is 39.5 Å². The van der Waals surface area contributed by atoms with Gasteiger partial charge in [0.15, 0.2) is 4.90 Å². The number of unbranched alkanes of at least 4 members (excludes halogenated alkanes) is 1. The van der Waals surface area contributed by atoms with E-state index in [9.17, 15) is 28.6 Å². The zero-order chi connectivity index (χ0) is 33.4. The highest BCUT2D eigenvalue weighted by Gasteiger charge is 2.30. The Morgan fingerprint density at radius 1 is 1.04 bits per heavy atom. The molecule has 1 atom stereocenters. The lowest BCUT2D eigenvalue weighted by Crippen LogP contribution is -2.16. The highest BCUT2D eigenvalue weighted by molar-refractivity contribution is 7.90. The zero-order valence-electron chi connectivity index (χ0n) is 24.9. The number of hydrogen-bond acceptors (Lipinski definition) is 9. The van der Waals surface area contributed by atoms with E-state index in [1.807, 2.05) is 0 Å². The van der Waals surface area contributed by atoms with Crippen LogP contribution >= 0.6 is 12.2 Å². The standard InChI is InChI=1S/C32H30FN3O8S2/c1-20-27(19-28(37)42-16-3-4-17-43-36(39)40)29(32(38)44-25-12-8-22(9-13-25)31(34)45)30(21-10-14-26(15-11-21)46(2)41)35(20)24-7-5-6-23(33)18-24/h5-15,18H,3-4,16-17,19H2,1-2H3,(H2,34,45). The van der Waals surface area contributed by atoms with Crippen molar-refractivity contribution in [1.82, 2.24) is 4.57 Å². The van der Waals surface area contributed by atoms with Gasteiger partial charge in [-0.1, -0.05) is 18.3 Å². The fraction of sp³-hybridized carbons (Fsp3) is 0.219. The molecule has 0 aliphatic carbocycles. The van der Waals surface area contributed by atoms with Gasteiger partial charge in [0, 0.05) is 16.9 Å². The summed E-state index contributed by atoms with van der Waals surface area (Å²) >= 11 is 3.73. The average molecular weight is 668 g/mol. The first kappa shape index (κ1) is 34.1. The third-order valence-electron chi connectivity index (χ3n) is 6.93. The largest absolute Gasteiger partial charge is 0.612 e. The molecule has 0 aliphatic rings. The molecule has 1 heterocycles. The second-order valence-corrected chi connectivity index (χ2v) is 11.8. The molecule has 46 heavy (non-hydrogen) atoms. The van der Waals surface area contributed by atoms with Crippen LogP contribution in [0.15, 0.2) is 77.7 Å². The predicted octanol–water partition coefficient (Wildman–Crippen LogP) is 5.26. The number of ether oxygens (including phenoxy) is 2. The Bertz CT molecular complexity index is 1740. The summed E-state index contributed by atoms with van der Waals surface area (Å²) in [6, 6.07) is 18.7. The lowest BCUT2D eigenvalue weighted by molar-refractivity contribution is -0.757. The van der Waals surface area contributed by atoms with Crippen molar-refractivity contribution in [3.8, 4) is 22.7 Å². The second-order valence-electron chi connectivity index (χ2n) is 10.0. The minimum Gasteiger partial charge on any atom is -0.612 e. The lowest BCUT2D eigenvalue weighted by Gasteiger charge is -2.14. The maximum absolute atomic E-state index is 14.5. The molecule has 0 radical (unpaired) electrons. The van der Waals surface area contributed by atoms with Crippen LogP contribution in [0, 0.1) is 22.9 Å². The van der Waals surface area contributed by atoms with E-state index in [1.165, 1.54) is 30.3 Å². The molecular weight excluding hydrogens is 637 g/mol. The van der Waals surface area contributed by atoms with Crippen LogP contribution < -0.4 is 10.5 Å². The van der Waals surface area contributed by atoms with E-state index in [2.05, 4.69) is 4.84 Å². The summed E-state index contributed by atoms with van der Waals surface area (Å²) in [5.41, 5.74) is 8.27. The van der Waals surface area contributed by atoms with Crippen molar-refractivity contribution in [3.05, 3.63) is 111 Å². The van der Waals surface area contributed by atoms with Crippen LogP contribution in [0.5, 0.6) is 5.75 Å². The van der Waals surface area contributed by atoms with Gasteiger partial charge in [-0.2, -0.15) is 0 Å². The summed E-state index contributed by atoms with van der Waals surface area (Å²) in [7, 11) is 0. The van der Waals surface area contributed by atoms with E-state index in [-0.39, 0.29) is 47.9 Å². The van der Waals surface area contributed by atoms with Gasteiger partial charge in [0.2, 0.25) is 0 Å². The Morgan fingerprint density at radius 2 is 1.72 bits per heavy atom. The number of thiocarbonyl (C=S) groups is 1. The molecule has 1 unspecified atom stereocenters. The van der Waals surface area contributed by atoms with E-state index in [1.54, 1.807) is 60.2 Å². The van der Waals surface area contributed by atoms with Gasteiger partial charge < -0.3 is 29.2 Å². The molecule has 11 nitrogen and oxygen atoms in total. The number of rotatable bonds is 14. The first-order chi connectivity index (χ1) is 22.0. The van der Waals surface area contributed by atoms with E-state index >= 15 is 0 Å². The van der Waals surface area contributed by atoms with Gasteiger partial charge in [-0.15, -0.1) is 10.1 Å². The maximum Gasteiger partial charge on any atom is 0.346 e. The summed E-state index contributed by atoms with van der Waals surface area (Å²) < 4.78 is 39.4.